The molecule has 2 aliphatic rings. The molecule has 0 aromatic heterocycles. The second-order valence-electron chi connectivity index (χ2n) is 9.83. The Morgan fingerprint density at radius 2 is 1.33 bits per heavy atom. The van der Waals surface area contributed by atoms with Crippen molar-refractivity contribution in [1.29, 1.82) is 0 Å². The summed E-state index contributed by atoms with van der Waals surface area (Å²) in [4.78, 5) is 2.17. The van der Waals surface area contributed by atoms with Crippen LogP contribution in [-0.4, -0.2) is 30.3 Å². The van der Waals surface area contributed by atoms with Crippen molar-refractivity contribution in [3.05, 3.63) is 70.8 Å². The van der Waals surface area contributed by atoms with Crippen LogP contribution < -0.4 is 0 Å². The van der Waals surface area contributed by atoms with Crippen LogP contribution >= 0.6 is 0 Å². The van der Waals surface area contributed by atoms with Gasteiger partial charge in [0.2, 0.25) is 0 Å². The number of benzene rings is 2. The Bertz CT molecular complexity index is 971. The summed E-state index contributed by atoms with van der Waals surface area (Å²) in [5.74, 6) is 0. The Labute approximate surface area is 190 Å². The van der Waals surface area contributed by atoms with Gasteiger partial charge >= 0.3 is 12.4 Å². The second-order valence-corrected chi connectivity index (χ2v) is 9.83. The van der Waals surface area contributed by atoms with Gasteiger partial charge in [-0.1, -0.05) is 48.5 Å². The Morgan fingerprint density at radius 1 is 0.788 bits per heavy atom. The first-order chi connectivity index (χ1) is 15.4. The molecule has 0 saturated heterocycles. The summed E-state index contributed by atoms with van der Waals surface area (Å²) < 4.78 is 83.2. The Balaban J connectivity index is 1.55. The van der Waals surface area contributed by atoms with Crippen LogP contribution in [0.3, 0.4) is 0 Å². The fourth-order valence-electron chi connectivity index (χ4n) is 4.84. The maximum Gasteiger partial charge on any atom is 0.398 e. The summed E-state index contributed by atoms with van der Waals surface area (Å²) >= 11 is 0. The fraction of sp³-hybridized carbons (Fsp3) is 0.538. The molecule has 0 heterocycles. The molecule has 33 heavy (non-hydrogen) atoms. The van der Waals surface area contributed by atoms with Crippen molar-refractivity contribution in [2.45, 2.75) is 81.2 Å². The molecular formula is C26H29F6N. The lowest BCUT2D eigenvalue weighted by atomic mass is 9.81. The van der Waals surface area contributed by atoms with Crippen molar-refractivity contribution in [2.24, 2.45) is 0 Å². The van der Waals surface area contributed by atoms with Crippen molar-refractivity contribution < 1.29 is 26.3 Å². The van der Waals surface area contributed by atoms with Crippen LogP contribution in [0.1, 0.15) is 61.3 Å². The third-order valence-electron chi connectivity index (χ3n) is 7.58. The average molecular weight is 470 g/mol. The Hall–Kier alpha value is -2.02. The molecule has 4 rings (SSSR count). The molecule has 2 fully saturated rings. The molecule has 0 amide bonds. The monoisotopic (exact) mass is 469 g/mol. The van der Waals surface area contributed by atoms with E-state index in [1.54, 1.807) is 6.07 Å². The van der Waals surface area contributed by atoms with Crippen LogP contribution in [0.15, 0.2) is 48.5 Å². The highest BCUT2D eigenvalue weighted by Gasteiger charge is 2.70. The van der Waals surface area contributed by atoms with Crippen LogP contribution in [-0.2, 0) is 23.8 Å². The molecule has 0 aliphatic heterocycles. The van der Waals surface area contributed by atoms with Gasteiger partial charge < -0.3 is 0 Å². The molecule has 2 aliphatic carbocycles. The zero-order valence-electron chi connectivity index (χ0n) is 18.9. The van der Waals surface area contributed by atoms with E-state index in [-0.39, 0.29) is 42.9 Å². The highest BCUT2D eigenvalue weighted by molar-refractivity contribution is 5.50. The lowest BCUT2D eigenvalue weighted by Gasteiger charge is -2.29. The number of rotatable bonds is 8. The lowest BCUT2D eigenvalue weighted by Crippen LogP contribution is -2.35. The largest absolute Gasteiger partial charge is 0.398 e. The van der Waals surface area contributed by atoms with Gasteiger partial charge in [-0.25, -0.2) is 0 Å². The molecule has 2 saturated carbocycles. The molecule has 2 aromatic rings. The van der Waals surface area contributed by atoms with Gasteiger partial charge in [-0.15, -0.1) is 0 Å². The number of hydrogen-bond acceptors (Lipinski definition) is 1. The van der Waals surface area contributed by atoms with E-state index in [0.717, 1.165) is 6.54 Å². The Kier molecular flexibility index (Phi) is 6.09. The van der Waals surface area contributed by atoms with Crippen LogP contribution in [0.25, 0.3) is 0 Å². The first-order valence-electron chi connectivity index (χ1n) is 11.4. The second kappa shape index (κ2) is 8.33. The van der Waals surface area contributed by atoms with Gasteiger partial charge in [0.05, 0.1) is 10.8 Å². The molecule has 0 bridgehead atoms. The summed E-state index contributed by atoms with van der Waals surface area (Å²) in [5, 5.41) is 0. The summed E-state index contributed by atoms with van der Waals surface area (Å²) in [6, 6.07) is 14.5. The molecule has 0 spiro atoms. The Morgan fingerprint density at radius 3 is 1.85 bits per heavy atom. The van der Waals surface area contributed by atoms with E-state index in [9.17, 15) is 26.3 Å². The first kappa shape index (κ1) is 24.1. The summed E-state index contributed by atoms with van der Waals surface area (Å²) in [7, 11) is 2.00. The van der Waals surface area contributed by atoms with Gasteiger partial charge in [0, 0.05) is 12.6 Å². The highest BCUT2D eigenvalue weighted by Crippen LogP contribution is 2.66. The predicted octanol–water partition coefficient (Wildman–Crippen LogP) is 7.33. The van der Waals surface area contributed by atoms with Gasteiger partial charge in [-0.05, 0) is 74.8 Å². The molecule has 1 unspecified atom stereocenters. The van der Waals surface area contributed by atoms with Crippen LogP contribution in [0.5, 0.6) is 0 Å². The van der Waals surface area contributed by atoms with Crippen molar-refractivity contribution in [3.63, 3.8) is 0 Å². The third kappa shape index (κ3) is 4.53. The van der Waals surface area contributed by atoms with Crippen molar-refractivity contribution in [2.75, 3.05) is 7.05 Å². The molecule has 0 N–H and O–H groups in total. The number of nitrogens with zero attached hydrogens (tertiary/aromatic N) is 1. The van der Waals surface area contributed by atoms with E-state index in [1.807, 2.05) is 37.4 Å². The summed E-state index contributed by atoms with van der Waals surface area (Å²) in [5.41, 5.74) is -2.72. The van der Waals surface area contributed by atoms with Crippen LogP contribution in [0.2, 0.25) is 0 Å². The van der Waals surface area contributed by atoms with Gasteiger partial charge in [0.15, 0.2) is 0 Å². The lowest BCUT2D eigenvalue weighted by molar-refractivity contribution is -0.167. The summed E-state index contributed by atoms with van der Waals surface area (Å²) in [6.45, 7) is 2.80. The number of aryl methyl sites for hydroxylation is 1. The third-order valence-corrected chi connectivity index (χ3v) is 7.58. The fourth-order valence-corrected chi connectivity index (χ4v) is 4.84. The molecule has 180 valence electrons. The quantitative estimate of drug-likeness (QED) is 0.366. The predicted molar refractivity (Wildman–Crippen MR) is 116 cm³/mol. The standard InChI is InChI=1S/C26H29F6N/c1-18(33(2)17-20-6-4-3-5-7-20)8-9-19-10-11-21(23(12-13-23)25(27,28)29)22(16-19)24(14-15-24)26(30,31)32/h3-7,10-11,16,18H,8-9,12-15,17H2,1-2H3. The number of alkyl halides is 6. The molecular weight excluding hydrogens is 440 g/mol. The van der Waals surface area contributed by atoms with E-state index in [1.165, 1.54) is 17.7 Å². The minimum absolute atomic E-state index is 0.141. The molecule has 1 nitrogen and oxygen atoms in total. The van der Waals surface area contributed by atoms with E-state index in [0.29, 0.717) is 18.4 Å². The van der Waals surface area contributed by atoms with Gasteiger partial charge in [0.1, 0.15) is 0 Å². The van der Waals surface area contributed by atoms with Crippen LogP contribution in [0, 0.1) is 0 Å². The van der Waals surface area contributed by atoms with Gasteiger partial charge in [0.25, 0.3) is 0 Å². The molecule has 1 atom stereocenters. The number of hydrogen-bond donors (Lipinski definition) is 0. The number of halogens is 6. The smallest absolute Gasteiger partial charge is 0.299 e. The average Bonchev–Trinajstić information content (AvgIpc) is 3.64. The molecule has 7 heteroatoms. The van der Waals surface area contributed by atoms with Gasteiger partial charge in [-0.2, -0.15) is 26.3 Å². The normalized spacial score (nSPS) is 20.0. The topological polar surface area (TPSA) is 3.24 Å². The SMILES string of the molecule is CC(CCc1ccc(C2(C(F)(F)F)CC2)c(C2(C(F)(F)F)CC2)c1)N(C)Cc1ccccc1. The van der Waals surface area contributed by atoms with E-state index in [2.05, 4.69) is 11.8 Å². The highest BCUT2D eigenvalue weighted by atomic mass is 19.4. The van der Waals surface area contributed by atoms with E-state index in [4.69, 9.17) is 0 Å². The van der Waals surface area contributed by atoms with Crippen molar-refractivity contribution in [1.82, 2.24) is 4.90 Å². The molecule has 2 aromatic carbocycles. The first-order valence-corrected chi connectivity index (χ1v) is 11.4. The van der Waals surface area contributed by atoms with E-state index < -0.39 is 23.2 Å². The minimum atomic E-state index is -4.55. The van der Waals surface area contributed by atoms with Crippen molar-refractivity contribution >= 4 is 0 Å². The van der Waals surface area contributed by atoms with E-state index >= 15 is 0 Å². The van der Waals surface area contributed by atoms with Crippen LogP contribution in [0.4, 0.5) is 26.3 Å². The zero-order chi connectivity index (χ0) is 24.1. The zero-order valence-corrected chi connectivity index (χ0v) is 18.9. The maximum absolute atomic E-state index is 13.9. The molecule has 0 radical (unpaired) electrons. The van der Waals surface area contributed by atoms with Crippen molar-refractivity contribution in [3.8, 4) is 0 Å². The maximum atomic E-state index is 13.9. The minimum Gasteiger partial charge on any atom is -0.299 e. The summed E-state index contributed by atoms with van der Waals surface area (Å²) in [6.07, 6.45) is -8.44. The van der Waals surface area contributed by atoms with Gasteiger partial charge in [-0.3, -0.25) is 4.90 Å².